The van der Waals surface area contributed by atoms with Crippen molar-refractivity contribution < 1.29 is 9.60 Å². The molecule has 0 aliphatic carbocycles. The van der Waals surface area contributed by atoms with Gasteiger partial charge >= 0.3 is 0 Å². The van der Waals surface area contributed by atoms with E-state index in [4.69, 9.17) is 10.9 Å². The molecule has 4 N–H and O–H groups in total. The fourth-order valence-corrected chi connectivity index (χ4v) is 1.90. The van der Waals surface area contributed by atoms with Crippen molar-refractivity contribution in [3.63, 3.8) is 0 Å². The zero-order valence-corrected chi connectivity index (χ0v) is 11.5. The van der Waals surface area contributed by atoms with Crippen molar-refractivity contribution in [2.24, 2.45) is 16.8 Å². The van der Waals surface area contributed by atoms with Crippen LogP contribution in [0.25, 0.3) is 0 Å². The highest BCUT2D eigenvalue weighted by atomic mass is 19.1. The molecule has 1 rings (SSSR count). The van der Waals surface area contributed by atoms with Crippen LogP contribution in [-0.2, 0) is 6.54 Å². The molecule has 0 radical (unpaired) electrons. The van der Waals surface area contributed by atoms with Crippen molar-refractivity contribution in [3.05, 3.63) is 35.1 Å². The van der Waals surface area contributed by atoms with E-state index in [1.807, 2.05) is 0 Å². The normalized spacial score (nSPS) is 12.1. The van der Waals surface area contributed by atoms with Crippen LogP contribution >= 0.6 is 0 Å². The first kappa shape index (κ1) is 15.4. The summed E-state index contributed by atoms with van der Waals surface area (Å²) in [5, 5.41) is 14.6. The lowest BCUT2D eigenvalue weighted by molar-refractivity contribution is 0.318. The second kappa shape index (κ2) is 7.74. The van der Waals surface area contributed by atoms with Crippen LogP contribution in [0, 0.1) is 11.7 Å². The third-order valence-corrected chi connectivity index (χ3v) is 3.36. The summed E-state index contributed by atoms with van der Waals surface area (Å²) in [6.07, 6.45) is 2.24. The second-order valence-corrected chi connectivity index (χ2v) is 4.60. The van der Waals surface area contributed by atoms with Crippen LogP contribution < -0.4 is 11.1 Å². The van der Waals surface area contributed by atoms with Crippen molar-refractivity contribution in [1.29, 1.82) is 0 Å². The van der Waals surface area contributed by atoms with Gasteiger partial charge in [0, 0.05) is 17.7 Å². The molecule has 0 amide bonds. The van der Waals surface area contributed by atoms with Crippen molar-refractivity contribution in [1.82, 2.24) is 5.32 Å². The number of nitrogens with zero attached hydrogens (tertiary/aromatic N) is 1. The minimum Gasteiger partial charge on any atom is -0.409 e. The summed E-state index contributed by atoms with van der Waals surface area (Å²) in [5.41, 5.74) is 6.37. The fourth-order valence-electron chi connectivity index (χ4n) is 1.90. The summed E-state index contributed by atoms with van der Waals surface area (Å²) in [6.45, 7) is 5.68. The van der Waals surface area contributed by atoms with Gasteiger partial charge in [-0.3, -0.25) is 0 Å². The molecule has 19 heavy (non-hydrogen) atoms. The SMILES string of the molecule is CCC(CC)CNCc1ccc(/C(N)=N/O)cc1F. The molecule has 0 atom stereocenters. The molecular formula is C14H22FN3O. The van der Waals surface area contributed by atoms with E-state index < -0.39 is 0 Å². The van der Waals surface area contributed by atoms with Gasteiger partial charge in [-0.15, -0.1) is 0 Å². The Labute approximate surface area is 113 Å². The Morgan fingerprint density at radius 1 is 1.42 bits per heavy atom. The molecule has 0 fully saturated rings. The Bertz CT molecular complexity index is 431. The first-order chi connectivity index (χ1) is 9.12. The zero-order chi connectivity index (χ0) is 14.3. The maximum Gasteiger partial charge on any atom is 0.170 e. The molecule has 4 nitrogen and oxygen atoms in total. The van der Waals surface area contributed by atoms with Crippen LogP contribution in [0.4, 0.5) is 4.39 Å². The van der Waals surface area contributed by atoms with Gasteiger partial charge in [0.2, 0.25) is 0 Å². The minimum atomic E-state index is -0.346. The average molecular weight is 267 g/mol. The van der Waals surface area contributed by atoms with Crippen LogP contribution in [0.3, 0.4) is 0 Å². The predicted molar refractivity (Wildman–Crippen MR) is 74.7 cm³/mol. The van der Waals surface area contributed by atoms with E-state index in [2.05, 4.69) is 24.3 Å². The van der Waals surface area contributed by atoms with Crippen molar-refractivity contribution in [2.45, 2.75) is 33.2 Å². The van der Waals surface area contributed by atoms with Gasteiger partial charge in [-0.25, -0.2) is 4.39 Å². The van der Waals surface area contributed by atoms with E-state index in [1.54, 1.807) is 12.1 Å². The number of amidine groups is 1. The molecule has 0 heterocycles. The first-order valence-corrected chi connectivity index (χ1v) is 6.59. The van der Waals surface area contributed by atoms with Crippen molar-refractivity contribution in [3.8, 4) is 0 Å². The quantitative estimate of drug-likeness (QED) is 0.307. The summed E-state index contributed by atoms with van der Waals surface area (Å²) < 4.78 is 13.8. The fraction of sp³-hybridized carbons (Fsp3) is 0.500. The van der Waals surface area contributed by atoms with E-state index in [0.29, 0.717) is 23.6 Å². The number of hydrogen-bond donors (Lipinski definition) is 3. The van der Waals surface area contributed by atoms with E-state index in [1.165, 1.54) is 6.07 Å². The highest BCUT2D eigenvalue weighted by Gasteiger charge is 2.07. The molecule has 0 aliphatic heterocycles. The van der Waals surface area contributed by atoms with Crippen molar-refractivity contribution >= 4 is 5.84 Å². The average Bonchev–Trinajstić information content (AvgIpc) is 2.44. The van der Waals surface area contributed by atoms with E-state index >= 15 is 0 Å². The summed E-state index contributed by atoms with van der Waals surface area (Å²) in [6, 6.07) is 4.58. The number of rotatable bonds is 7. The molecule has 0 unspecified atom stereocenters. The van der Waals surface area contributed by atoms with E-state index in [-0.39, 0.29) is 11.7 Å². The lowest BCUT2D eigenvalue weighted by Gasteiger charge is -2.13. The monoisotopic (exact) mass is 267 g/mol. The third-order valence-electron chi connectivity index (χ3n) is 3.36. The number of nitrogens with one attached hydrogen (secondary N) is 1. The molecule has 5 heteroatoms. The van der Waals surface area contributed by atoms with Gasteiger partial charge in [0.05, 0.1) is 0 Å². The highest BCUT2D eigenvalue weighted by Crippen LogP contribution is 2.11. The summed E-state index contributed by atoms with van der Waals surface area (Å²) >= 11 is 0. The molecule has 1 aromatic rings. The summed E-state index contributed by atoms with van der Waals surface area (Å²) in [7, 11) is 0. The van der Waals surface area contributed by atoms with Crippen LogP contribution in [0.5, 0.6) is 0 Å². The smallest absolute Gasteiger partial charge is 0.170 e. The Kier molecular flexibility index (Phi) is 6.29. The van der Waals surface area contributed by atoms with Gasteiger partial charge in [-0.05, 0) is 18.5 Å². The van der Waals surface area contributed by atoms with Gasteiger partial charge in [-0.2, -0.15) is 0 Å². The molecular weight excluding hydrogens is 245 g/mol. The Morgan fingerprint density at radius 2 is 2.11 bits per heavy atom. The van der Waals surface area contributed by atoms with Crippen LogP contribution in [-0.4, -0.2) is 17.6 Å². The molecule has 1 aromatic carbocycles. The molecule has 0 saturated carbocycles. The molecule has 106 valence electrons. The molecule has 0 spiro atoms. The first-order valence-electron chi connectivity index (χ1n) is 6.59. The van der Waals surface area contributed by atoms with E-state index in [9.17, 15) is 4.39 Å². The summed E-state index contributed by atoms with van der Waals surface area (Å²) in [4.78, 5) is 0. The molecule has 0 aromatic heterocycles. The standard InChI is InChI=1S/C14H22FN3O/c1-3-10(4-2)8-17-9-12-6-5-11(7-13(12)15)14(16)18-19/h5-7,10,17,19H,3-4,8-9H2,1-2H3,(H2,16,18). The lowest BCUT2D eigenvalue weighted by atomic mass is 10.0. The number of nitrogens with two attached hydrogens (primary N) is 1. The minimum absolute atomic E-state index is 0.0876. The Balaban J connectivity index is 2.60. The summed E-state index contributed by atoms with van der Waals surface area (Å²) in [5.74, 6) is 0.191. The van der Waals surface area contributed by atoms with Crippen LogP contribution in [0.1, 0.15) is 37.8 Å². The number of hydrogen-bond acceptors (Lipinski definition) is 3. The van der Waals surface area contributed by atoms with Gasteiger partial charge < -0.3 is 16.3 Å². The number of benzene rings is 1. The maximum absolute atomic E-state index is 13.8. The molecule has 0 bridgehead atoms. The Hall–Kier alpha value is -1.62. The molecule has 0 saturated heterocycles. The Morgan fingerprint density at radius 3 is 2.63 bits per heavy atom. The molecule has 0 aliphatic rings. The van der Waals surface area contributed by atoms with Crippen molar-refractivity contribution in [2.75, 3.05) is 6.54 Å². The predicted octanol–water partition coefficient (Wildman–Crippen LogP) is 2.45. The van der Waals surface area contributed by atoms with E-state index in [0.717, 1.165) is 19.4 Å². The van der Waals surface area contributed by atoms with Gasteiger partial charge in [0.15, 0.2) is 5.84 Å². The van der Waals surface area contributed by atoms with Gasteiger partial charge in [0.1, 0.15) is 5.82 Å². The number of halogens is 1. The lowest BCUT2D eigenvalue weighted by Crippen LogP contribution is -2.22. The zero-order valence-electron chi connectivity index (χ0n) is 11.5. The van der Waals surface area contributed by atoms with Gasteiger partial charge in [0.25, 0.3) is 0 Å². The third kappa shape index (κ3) is 4.52. The highest BCUT2D eigenvalue weighted by molar-refractivity contribution is 5.97. The van der Waals surface area contributed by atoms with Crippen LogP contribution in [0.2, 0.25) is 0 Å². The largest absolute Gasteiger partial charge is 0.409 e. The topological polar surface area (TPSA) is 70.6 Å². The number of oxime groups is 1. The maximum atomic E-state index is 13.8. The second-order valence-electron chi connectivity index (χ2n) is 4.60. The van der Waals surface area contributed by atoms with Crippen LogP contribution in [0.15, 0.2) is 23.4 Å². The van der Waals surface area contributed by atoms with Gasteiger partial charge in [-0.1, -0.05) is 44.0 Å².